The Balaban J connectivity index is 2.40. The van der Waals surface area contributed by atoms with Crippen LogP contribution in [0, 0.1) is 10.1 Å². The van der Waals surface area contributed by atoms with E-state index in [0.717, 1.165) is 6.20 Å². The minimum Gasteiger partial charge on any atom is -0.493 e. The molecule has 0 saturated heterocycles. The molecule has 110 valence electrons. The van der Waals surface area contributed by atoms with Gasteiger partial charge in [0.05, 0.1) is 12.0 Å². The van der Waals surface area contributed by atoms with Gasteiger partial charge in [-0.3, -0.25) is 10.1 Å². The molecule has 0 spiro atoms. The van der Waals surface area contributed by atoms with Gasteiger partial charge < -0.3 is 14.8 Å². The van der Waals surface area contributed by atoms with E-state index in [0.29, 0.717) is 18.0 Å². The van der Waals surface area contributed by atoms with Gasteiger partial charge in [-0.25, -0.2) is 4.98 Å². The second kappa shape index (κ2) is 6.51. The van der Waals surface area contributed by atoms with Crippen molar-refractivity contribution in [3.63, 3.8) is 0 Å². The fourth-order valence-corrected chi connectivity index (χ4v) is 1.61. The number of nitrogens with zero attached hydrogens (tertiary/aromatic N) is 3. The summed E-state index contributed by atoms with van der Waals surface area (Å²) in [5.41, 5.74) is -0.317. The molecule has 8 heteroatoms. The third-order valence-electron chi connectivity index (χ3n) is 2.54. The molecule has 1 N–H and O–H groups in total. The van der Waals surface area contributed by atoms with E-state index < -0.39 is 4.92 Å². The summed E-state index contributed by atoms with van der Waals surface area (Å²) in [6.07, 6.45) is 1.11. The van der Waals surface area contributed by atoms with Crippen molar-refractivity contribution < 1.29 is 14.4 Å². The first-order valence-corrected chi connectivity index (χ1v) is 6.22. The summed E-state index contributed by atoms with van der Waals surface area (Å²) in [5.74, 6) is 0.906. The summed E-state index contributed by atoms with van der Waals surface area (Å²) >= 11 is 0. The van der Waals surface area contributed by atoms with Crippen LogP contribution in [0.1, 0.15) is 6.92 Å². The standard InChI is InChI=1S/C13H14N4O4/c1-3-14-13-15-8-9(17(18)19)12(16-13)21-11-7-5-4-6-10(11)20-2/h4-8H,3H2,1-2H3,(H,14,15,16). The van der Waals surface area contributed by atoms with E-state index >= 15 is 0 Å². The Morgan fingerprint density at radius 3 is 2.67 bits per heavy atom. The van der Waals surface area contributed by atoms with Crippen molar-refractivity contribution in [2.45, 2.75) is 6.92 Å². The van der Waals surface area contributed by atoms with E-state index in [1.165, 1.54) is 7.11 Å². The maximum Gasteiger partial charge on any atom is 0.349 e. The van der Waals surface area contributed by atoms with Gasteiger partial charge >= 0.3 is 11.6 Å². The van der Waals surface area contributed by atoms with Crippen LogP contribution in [0.2, 0.25) is 0 Å². The van der Waals surface area contributed by atoms with Crippen molar-refractivity contribution in [3.8, 4) is 17.4 Å². The minimum absolute atomic E-state index is 0.143. The van der Waals surface area contributed by atoms with E-state index in [4.69, 9.17) is 9.47 Å². The van der Waals surface area contributed by atoms with E-state index in [1.54, 1.807) is 24.3 Å². The first-order valence-electron chi connectivity index (χ1n) is 6.22. The number of nitro groups is 1. The highest BCUT2D eigenvalue weighted by Gasteiger charge is 2.20. The highest BCUT2D eigenvalue weighted by molar-refractivity contribution is 5.48. The Morgan fingerprint density at radius 1 is 1.33 bits per heavy atom. The maximum atomic E-state index is 11.0. The Kier molecular flexibility index (Phi) is 4.50. The Labute approximate surface area is 120 Å². The van der Waals surface area contributed by atoms with Gasteiger partial charge in [-0.15, -0.1) is 0 Å². The van der Waals surface area contributed by atoms with Crippen LogP contribution in [0.5, 0.6) is 17.4 Å². The van der Waals surface area contributed by atoms with E-state index in [-0.39, 0.29) is 17.5 Å². The molecule has 0 atom stereocenters. The molecule has 0 aliphatic heterocycles. The molecule has 0 fully saturated rings. The first kappa shape index (κ1) is 14.5. The van der Waals surface area contributed by atoms with Crippen molar-refractivity contribution >= 4 is 11.6 Å². The molecule has 1 aromatic heterocycles. The number of nitrogens with one attached hydrogen (secondary N) is 1. The molecule has 0 aliphatic carbocycles. The first-order chi connectivity index (χ1) is 10.2. The number of aromatic nitrogens is 2. The zero-order valence-electron chi connectivity index (χ0n) is 11.6. The average Bonchev–Trinajstić information content (AvgIpc) is 2.48. The Bertz CT molecular complexity index is 648. The average molecular weight is 290 g/mol. The summed E-state index contributed by atoms with van der Waals surface area (Å²) in [6, 6.07) is 6.82. The fraction of sp³-hybridized carbons (Fsp3) is 0.231. The number of benzene rings is 1. The van der Waals surface area contributed by atoms with Crippen LogP contribution in [0.4, 0.5) is 11.6 Å². The van der Waals surface area contributed by atoms with E-state index in [1.807, 2.05) is 6.92 Å². The SMILES string of the molecule is CCNc1ncc([N+](=O)[O-])c(Oc2ccccc2OC)n1. The highest BCUT2D eigenvalue weighted by atomic mass is 16.6. The number of ether oxygens (including phenoxy) is 2. The van der Waals surface area contributed by atoms with Crippen LogP contribution in [0.3, 0.4) is 0 Å². The number of hydrogen-bond donors (Lipinski definition) is 1. The van der Waals surface area contributed by atoms with Crippen LogP contribution in [0.25, 0.3) is 0 Å². The van der Waals surface area contributed by atoms with Crippen molar-refractivity contribution in [2.75, 3.05) is 19.0 Å². The predicted octanol–water partition coefficient (Wildman–Crippen LogP) is 2.62. The summed E-state index contributed by atoms with van der Waals surface area (Å²) in [6.45, 7) is 2.46. The van der Waals surface area contributed by atoms with Crippen molar-refractivity contribution in [2.24, 2.45) is 0 Å². The van der Waals surface area contributed by atoms with Gasteiger partial charge in [-0.05, 0) is 19.1 Å². The number of methoxy groups -OCH3 is 1. The van der Waals surface area contributed by atoms with Gasteiger partial charge in [0.2, 0.25) is 5.95 Å². The van der Waals surface area contributed by atoms with Gasteiger partial charge in [0.1, 0.15) is 6.20 Å². The van der Waals surface area contributed by atoms with Gasteiger partial charge in [-0.2, -0.15) is 4.98 Å². The van der Waals surface area contributed by atoms with Crippen LogP contribution >= 0.6 is 0 Å². The normalized spacial score (nSPS) is 10.0. The minimum atomic E-state index is -0.597. The molecule has 1 aromatic carbocycles. The number of rotatable bonds is 6. The van der Waals surface area contributed by atoms with E-state index in [2.05, 4.69) is 15.3 Å². The fourth-order valence-electron chi connectivity index (χ4n) is 1.61. The van der Waals surface area contributed by atoms with Crippen LogP contribution in [-0.2, 0) is 0 Å². The maximum absolute atomic E-state index is 11.0. The predicted molar refractivity (Wildman–Crippen MR) is 75.9 cm³/mol. The number of hydrogen-bond acceptors (Lipinski definition) is 7. The van der Waals surface area contributed by atoms with Gasteiger partial charge in [0.25, 0.3) is 0 Å². The Hall–Kier alpha value is -2.90. The third kappa shape index (κ3) is 3.35. The topological polar surface area (TPSA) is 99.4 Å². The molecular formula is C13H14N4O4. The molecule has 21 heavy (non-hydrogen) atoms. The van der Waals surface area contributed by atoms with Gasteiger partial charge in [0, 0.05) is 6.54 Å². The van der Waals surface area contributed by atoms with Crippen molar-refractivity contribution in [1.82, 2.24) is 9.97 Å². The summed E-state index contributed by atoms with van der Waals surface area (Å²) in [5, 5.41) is 13.9. The molecule has 0 bridgehead atoms. The summed E-state index contributed by atoms with van der Waals surface area (Å²) < 4.78 is 10.7. The lowest BCUT2D eigenvalue weighted by atomic mass is 10.3. The van der Waals surface area contributed by atoms with Crippen LogP contribution in [-0.4, -0.2) is 28.5 Å². The smallest absolute Gasteiger partial charge is 0.349 e. The molecule has 0 saturated carbocycles. The number of anilines is 1. The number of para-hydroxylation sites is 2. The molecule has 0 radical (unpaired) electrons. The molecule has 8 nitrogen and oxygen atoms in total. The zero-order chi connectivity index (χ0) is 15.2. The van der Waals surface area contributed by atoms with E-state index in [9.17, 15) is 10.1 Å². The molecule has 2 rings (SSSR count). The highest BCUT2D eigenvalue weighted by Crippen LogP contribution is 2.34. The molecule has 1 heterocycles. The largest absolute Gasteiger partial charge is 0.493 e. The van der Waals surface area contributed by atoms with Crippen molar-refractivity contribution in [1.29, 1.82) is 0 Å². The summed E-state index contributed by atoms with van der Waals surface area (Å²) in [4.78, 5) is 18.3. The lowest BCUT2D eigenvalue weighted by molar-refractivity contribution is -0.386. The van der Waals surface area contributed by atoms with Gasteiger partial charge in [-0.1, -0.05) is 12.1 Å². The lowest BCUT2D eigenvalue weighted by Gasteiger charge is -2.10. The second-order valence-corrected chi connectivity index (χ2v) is 3.92. The monoisotopic (exact) mass is 290 g/mol. The van der Waals surface area contributed by atoms with Crippen molar-refractivity contribution in [3.05, 3.63) is 40.6 Å². The summed E-state index contributed by atoms with van der Waals surface area (Å²) in [7, 11) is 1.49. The second-order valence-electron chi connectivity index (χ2n) is 3.92. The van der Waals surface area contributed by atoms with Gasteiger partial charge in [0.15, 0.2) is 11.5 Å². The van der Waals surface area contributed by atoms with Crippen LogP contribution < -0.4 is 14.8 Å². The molecule has 0 aliphatic rings. The molecule has 2 aromatic rings. The van der Waals surface area contributed by atoms with Crippen LogP contribution in [0.15, 0.2) is 30.5 Å². The quantitative estimate of drug-likeness (QED) is 0.644. The zero-order valence-corrected chi connectivity index (χ0v) is 11.6. The molecule has 0 unspecified atom stereocenters. The lowest BCUT2D eigenvalue weighted by Crippen LogP contribution is -2.05. The third-order valence-corrected chi connectivity index (χ3v) is 2.54. The molecule has 0 amide bonds. The molecular weight excluding hydrogens is 276 g/mol. The Morgan fingerprint density at radius 2 is 2.05 bits per heavy atom.